The van der Waals surface area contributed by atoms with Gasteiger partial charge >= 0.3 is 0 Å². The van der Waals surface area contributed by atoms with Crippen LogP contribution < -0.4 is 5.73 Å². The van der Waals surface area contributed by atoms with Gasteiger partial charge < -0.3 is 5.73 Å². The van der Waals surface area contributed by atoms with E-state index < -0.39 is 4.92 Å². The van der Waals surface area contributed by atoms with Gasteiger partial charge in [-0.25, -0.2) is 0 Å². The molecule has 0 aliphatic heterocycles. The van der Waals surface area contributed by atoms with Crippen molar-refractivity contribution in [1.82, 2.24) is 0 Å². The van der Waals surface area contributed by atoms with E-state index in [1.165, 1.54) is 18.2 Å². The number of nitro benzene ring substituents is 1. The minimum absolute atomic E-state index is 0.000000000000000444. The van der Waals surface area contributed by atoms with Crippen LogP contribution in [0.2, 0.25) is 0 Å². The SMILES string of the molecule is Nc1ccc([N+](=O)[O-])c(C=O)c1. The van der Waals surface area contributed by atoms with E-state index in [-0.39, 0.29) is 11.3 Å². The van der Waals surface area contributed by atoms with Crippen LogP contribution in [0.5, 0.6) is 0 Å². The molecular formula is C7H6N2O3. The fourth-order valence-corrected chi connectivity index (χ4v) is 0.834. The van der Waals surface area contributed by atoms with Gasteiger partial charge in [-0.3, -0.25) is 14.9 Å². The maximum absolute atomic E-state index is 10.3. The molecule has 0 amide bonds. The minimum atomic E-state index is -0.622. The highest BCUT2D eigenvalue weighted by atomic mass is 16.6. The van der Waals surface area contributed by atoms with Gasteiger partial charge in [0.25, 0.3) is 5.69 Å². The summed E-state index contributed by atoms with van der Waals surface area (Å²) in [5.74, 6) is 0. The van der Waals surface area contributed by atoms with Gasteiger partial charge in [-0.1, -0.05) is 0 Å². The summed E-state index contributed by atoms with van der Waals surface area (Å²) in [5.41, 5.74) is 5.43. The van der Waals surface area contributed by atoms with Crippen LogP contribution in [0.1, 0.15) is 10.4 Å². The molecule has 5 nitrogen and oxygen atoms in total. The molecule has 12 heavy (non-hydrogen) atoms. The lowest BCUT2D eigenvalue weighted by molar-refractivity contribution is -0.385. The first-order valence-electron chi connectivity index (χ1n) is 3.14. The molecule has 62 valence electrons. The van der Waals surface area contributed by atoms with Crippen LogP contribution in [0.3, 0.4) is 0 Å². The van der Waals surface area contributed by atoms with Gasteiger partial charge in [-0.05, 0) is 12.1 Å². The first-order chi connectivity index (χ1) is 5.65. The van der Waals surface area contributed by atoms with Crippen molar-refractivity contribution in [1.29, 1.82) is 0 Å². The maximum Gasteiger partial charge on any atom is 0.280 e. The molecular weight excluding hydrogens is 160 g/mol. The third-order valence-electron chi connectivity index (χ3n) is 1.38. The molecule has 1 aromatic carbocycles. The van der Waals surface area contributed by atoms with Gasteiger partial charge in [0, 0.05) is 11.8 Å². The molecule has 0 heterocycles. The quantitative estimate of drug-likeness (QED) is 0.307. The maximum atomic E-state index is 10.3. The summed E-state index contributed by atoms with van der Waals surface area (Å²) in [6, 6.07) is 3.86. The summed E-state index contributed by atoms with van der Waals surface area (Å²) in [6.45, 7) is 0. The number of nitro groups is 1. The van der Waals surface area contributed by atoms with E-state index in [0.29, 0.717) is 12.0 Å². The summed E-state index contributed by atoms with van der Waals surface area (Å²) in [5, 5.41) is 10.3. The third kappa shape index (κ3) is 1.39. The zero-order valence-electron chi connectivity index (χ0n) is 6.06. The van der Waals surface area contributed by atoms with Gasteiger partial charge in [0.1, 0.15) is 0 Å². The first kappa shape index (κ1) is 8.19. The summed E-state index contributed by atoms with van der Waals surface area (Å²) in [7, 11) is 0. The molecule has 0 radical (unpaired) electrons. The Hall–Kier alpha value is -1.91. The fourth-order valence-electron chi connectivity index (χ4n) is 0.834. The number of anilines is 1. The molecule has 0 aliphatic carbocycles. The number of hydrogen-bond donors (Lipinski definition) is 1. The average Bonchev–Trinajstić information content (AvgIpc) is 2.03. The van der Waals surface area contributed by atoms with Gasteiger partial charge in [0.2, 0.25) is 0 Å². The topological polar surface area (TPSA) is 86.2 Å². The molecule has 0 aromatic heterocycles. The first-order valence-corrected chi connectivity index (χ1v) is 3.14. The Labute approximate surface area is 68.0 Å². The van der Waals surface area contributed by atoms with Crippen molar-refractivity contribution in [3.05, 3.63) is 33.9 Å². The number of aldehydes is 1. The third-order valence-corrected chi connectivity index (χ3v) is 1.38. The highest BCUT2D eigenvalue weighted by Gasteiger charge is 2.11. The van der Waals surface area contributed by atoms with E-state index in [1.807, 2.05) is 0 Å². The Morgan fingerprint density at radius 3 is 2.67 bits per heavy atom. The molecule has 2 N–H and O–H groups in total. The molecule has 0 atom stereocenters. The largest absolute Gasteiger partial charge is 0.399 e. The van der Waals surface area contributed by atoms with Crippen molar-refractivity contribution in [2.24, 2.45) is 0 Å². The van der Waals surface area contributed by atoms with Gasteiger partial charge in [0.15, 0.2) is 6.29 Å². The van der Waals surface area contributed by atoms with Crippen LogP contribution in [0, 0.1) is 10.1 Å². The average molecular weight is 166 g/mol. The molecule has 0 saturated heterocycles. The van der Waals surface area contributed by atoms with E-state index in [2.05, 4.69) is 0 Å². The summed E-state index contributed by atoms with van der Waals surface area (Å²) in [6.07, 6.45) is 0.411. The molecule has 0 bridgehead atoms. The van der Waals surface area contributed by atoms with Crippen molar-refractivity contribution in [2.45, 2.75) is 0 Å². The van der Waals surface area contributed by atoms with Crippen molar-refractivity contribution in [3.63, 3.8) is 0 Å². The highest BCUT2D eigenvalue weighted by Crippen LogP contribution is 2.18. The monoisotopic (exact) mass is 166 g/mol. The lowest BCUT2D eigenvalue weighted by Gasteiger charge is -1.95. The van der Waals surface area contributed by atoms with E-state index in [4.69, 9.17) is 5.73 Å². The second-order valence-corrected chi connectivity index (χ2v) is 2.19. The molecule has 0 fully saturated rings. The number of benzene rings is 1. The highest BCUT2D eigenvalue weighted by molar-refractivity contribution is 5.83. The van der Waals surface area contributed by atoms with E-state index >= 15 is 0 Å². The Bertz CT molecular complexity index is 335. The fraction of sp³-hybridized carbons (Fsp3) is 0. The van der Waals surface area contributed by atoms with Crippen LogP contribution in [0.4, 0.5) is 11.4 Å². The Balaban J connectivity index is 3.29. The van der Waals surface area contributed by atoms with Crippen LogP contribution in [0.25, 0.3) is 0 Å². The Morgan fingerprint density at radius 2 is 2.17 bits per heavy atom. The molecule has 1 aromatic rings. The molecule has 0 spiro atoms. The lowest BCUT2D eigenvalue weighted by atomic mass is 10.2. The standard InChI is InChI=1S/C7H6N2O3/c8-6-1-2-7(9(11)12)5(3-6)4-10/h1-4H,8H2. The second-order valence-electron chi connectivity index (χ2n) is 2.19. The van der Waals surface area contributed by atoms with Crippen molar-refractivity contribution >= 4 is 17.7 Å². The molecule has 0 aliphatic rings. The minimum Gasteiger partial charge on any atom is -0.399 e. The number of hydrogen-bond acceptors (Lipinski definition) is 4. The summed E-state index contributed by atoms with van der Waals surface area (Å²) in [4.78, 5) is 20.0. The van der Waals surface area contributed by atoms with Crippen LogP contribution in [-0.4, -0.2) is 11.2 Å². The Morgan fingerprint density at radius 1 is 1.50 bits per heavy atom. The molecule has 0 unspecified atom stereocenters. The van der Waals surface area contributed by atoms with Gasteiger partial charge in [-0.2, -0.15) is 0 Å². The zero-order chi connectivity index (χ0) is 9.14. The van der Waals surface area contributed by atoms with Crippen molar-refractivity contribution < 1.29 is 9.72 Å². The summed E-state index contributed by atoms with van der Waals surface area (Å²) < 4.78 is 0. The predicted molar refractivity (Wildman–Crippen MR) is 42.9 cm³/mol. The van der Waals surface area contributed by atoms with Crippen molar-refractivity contribution in [3.8, 4) is 0 Å². The predicted octanol–water partition coefficient (Wildman–Crippen LogP) is 0.990. The van der Waals surface area contributed by atoms with Crippen LogP contribution in [0.15, 0.2) is 18.2 Å². The van der Waals surface area contributed by atoms with E-state index in [9.17, 15) is 14.9 Å². The number of nitrogens with zero attached hydrogens (tertiary/aromatic N) is 1. The zero-order valence-corrected chi connectivity index (χ0v) is 6.06. The number of rotatable bonds is 2. The van der Waals surface area contributed by atoms with E-state index in [0.717, 1.165) is 0 Å². The van der Waals surface area contributed by atoms with Gasteiger partial charge in [-0.15, -0.1) is 0 Å². The second kappa shape index (κ2) is 3.00. The Kier molecular flexibility index (Phi) is 2.05. The number of carbonyl (C=O) groups excluding carboxylic acids is 1. The smallest absolute Gasteiger partial charge is 0.280 e. The molecule has 1 rings (SSSR count). The number of carbonyl (C=O) groups is 1. The van der Waals surface area contributed by atoms with Crippen molar-refractivity contribution in [2.75, 3.05) is 5.73 Å². The lowest BCUT2D eigenvalue weighted by Crippen LogP contribution is -1.95. The van der Waals surface area contributed by atoms with E-state index in [1.54, 1.807) is 0 Å². The normalized spacial score (nSPS) is 9.33. The molecule has 5 heteroatoms. The van der Waals surface area contributed by atoms with Gasteiger partial charge in [0.05, 0.1) is 10.5 Å². The van der Waals surface area contributed by atoms with Crippen LogP contribution in [-0.2, 0) is 0 Å². The number of nitrogens with two attached hydrogens (primary N) is 1. The summed E-state index contributed by atoms with van der Waals surface area (Å²) >= 11 is 0. The number of nitrogen functional groups attached to an aromatic ring is 1. The van der Waals surface area contributed by atoms with Crippen LogP contribution >= 0.6 is 0 Å². The molecule has 0 saturated carbocycles.